The third kappa shape index (κ3) is 4.44. The molecule has 1 aliphatic rings. The minimum atomic E-state index is -1.25. The van der Waals surface area contributed by atoms with Gasteiger partial charge in [-0.15, -0.1) is 0 Å². The highest BCUT2D eigenvalue weighted by Gasteiger charge is 2.25. The number of carboxylic acid groups (broad SMARTS) is 1. The van der Waals surface area contributed by atoms with Gasteiger partial charge in [-0.2, -0.15) is 5.26 Å². The zero-order chi connectivity index (χ0) is 16.8. The molecule has 1 atom stereocenters. The lowest BCUT2D eigenvalue weighted by Crippen LogP contribution is -2.41. The number of aromatic carboxylic acids is 1. The van der Waals surface area contributed by atoms with E-state index in [1.807, 2.05) is 0 Å². The van der Waals surface area contributed by atoms with Crippen LogP contribution in [-0.4, -0.2) is 46.6 Å². The van der Waals surface area contributed by atoms with E-state index in [0.717, 1.165) is 19.4 Å². The number of aromatic hydroxyl groups is 1. The Bertz CT molecular complexity index is 639. The Morgan fingerprint density at radius 3 is 2.91 bits per heavy atom. The molecule has 2 rings (SSSR count). The normalized spacial score (nSPS) is 18.1. The number of likely N-dealkylation sites (tertiary alicyclic amines) is 1. The predicted molar refractivity (Wildman–Crippen MR) is 83.1 cm³/mol. The van der Waals surface area contributed by atoms with E-state index in [1.54, 1.807) is 0 Å². The standard InChI is InChI=1S/C16H19N3O4/c17-6-2-8-19-7-1-3-11(10-19)15(21)18-12-4-5-14(20)13(9-12)16(22)23/h4-5,9,11,20H,1-3,7-8,10H2,(H,18,21)(H,22,23). The summed E-state index contributed by atoms with van der Waals surface area (Å²) < 4.78 is 0. The number of hydrogen-bond donors (Lipinski definition) is 3. The van der Waals surface area contributed by atoms with Gasteiger partial charge in [-0.05, 0) is 37.6 Å². The lowest BCUT2D eigenvalue weighted by atomic mass is 9.97. The fourth-order valence-electron chi connectivity index (χ4n) is 2.71. The first-order valence-corrected chi connectivity index (χ1v) is 7.47. The summed E-state index contributed by atoms with van der Waals surface area (Å²) in [4.78, 5) is 25.4. The molecule has 1 aromatic rings. The van der Waals surface area contributed by atoms with Gasteiger partial charge in [-0.25, -0.2) is 4.79 Å². The van der Waals surface area contributed by atoms with Crippen molar-refractivity contribution >= 4 is 17.6 Å². The number of carbonyl (C=O) groups excluding carboxylic acids is 1. The van der Waals surface area contributed by atoms with Crippen LogP contribution >= 0.6 is 0 Å². The SMILES string of the molecule is N#CCCN1CCCC(C(=O)Nc2ccc(O)c(C(=O)O)c2)C1. The number of nitrogens with zero attached hydrogens (tertiary/aromatic N) is 2. The van der Waals surface area contributed by atoms with Gasteiger partial charge in [0.15, 0.2) is 0 Å². The third-order valence-electron chi connectivity index (χ3n) is 3.91. The molecule has 0 aliphatic carbocycles. The molecule has 1 unspecified atom stereocenters. The van der Waals surface area contributed by atoms with Crippen molar-refractivity contribution in [1.82, 2.24) is 4.90 Å². The van der Waals surface area contributed by atoms with Crippen LogP contribution in [0.25, 0.3) is 0 Å². The number of anilines is 1. The van der Waals surface area contributed by atoms with Crippen LogP contribution in [0.2, 0.25) is 0 Å². The van der Waals surface area contributed by atoms with Crippen LogP contribution in [-0.2, 0) is 4.79 Å². The number of phenols is 1. The highest BCUT2D eigenvalue weighted by Crippen LogP contribution is 2.23. The molecule has 0 spiro atoms. The summed E-state index contributed by atoms with van der Waals surface area (Å²) in [5, 5.41) is 29.8. The number of benzene rings is 1. The summed E-state index contributed by atoms with van der Waals surface area (Å²) in [6.07, 6.45) is 2.09. The average Bonchev–Trinajstić information content (AvgIpc) is 2.54. The third-order valence-corrected chi connectivity index (χ3v) is 3.91. The minimum absolute atomic E-state index is 0.173. The van der Waals surface area contributed by atoms with Gasteiger partial charge in [-0.1, -0.05) is 0 Å². The Kier molecular flexibility index (Phi) is 5.55. The summed E-state index contributed by atoms with van der Waals surface area (Å²) in [6.45, 7) is 2.13. The lowest BCUT2D eigenvalue weighted by Gasteiger charge is -2.31. The summed E-state index contributed by atoms with van der Waals surface area (Å²) in [5.74, 6) is -1.95. The first-order chi connectivity index (χ1) is 11.0. The van der Waals surface area contributed by atoms with Crippen molar-refractivity contribution < 1.29 is 19.8 Å². The van der Waals surface area contributed by atoms with Crippen molar-refractivity contribution in [2.24, 2.45) is 5.92 Å². The number of rotatable bonds is 5. The van der Waals surface area contributed by atoms with Crippen LogP contribution in [0.1, 0.15) is 29.6 Å². The van der Waals surface area contributed by atoms with Crippen molar-refractivity contribution in [2.45, 2.75) is 19.3 Å². The molecule has 3 N–H and O–H groups in total. The first-order valence-electron chi connectivity index (χ1n) is 7.47. The average molecular weight is 317 g/mol. The van der Waals surface area contributed by atoms with E-state index < -0.39 is 5.97 Å². The second-order valence-electron chi connectivity index (χ2n) is 5.57. The molecule has 0 aromatic heterocycles. The van der Waals surface area contributed by atoms with Crippen LogP contribution in [0.5, 0.6) is 5.75 Å². The van der Waals surface area contributed by atoms with Gasteiger partial charge in [0.05, 0.1) is 12.0 Å². The number of carboxylic acids is 1. The van der Waals surface area contributed by atoms with Crippen LogP contribution in [0.3, 0.4) is 0 Å². The summed E-state index contributed by atoms with van der Waals surface area (Å²) in [7, 11) is 0. The smallest absolute Gasteiger partial charge is 0.339 e. The molecule has 23 heavy (non-hydrogen) atoms. The Labute approximate surface area is 134 Å². The second kappa shape index (κ2) is 7.61. The van der Waals surface area contributed by atoms with Crippen molar-refractivity contribution in [1.29, 1.82) is 5.26 Å². The molecule has 7 nitrogen and oxygen atoms in total. The summed E-state index contributed by atoms with van der Waals surface area (Å²) in [5.41, 5.74) is 0.0986. The summed E-state index contributed by atoms with van der Waals surface area (Å²) >= 11 is 0. The van der Waals surface area contributed by atoms with E-state index in [9.17, 15) is 14.7 Å². The molecule has 1 saturated heterocycles. The second-order valence-corrected chi connectivity index (χ2v) is 5.57. The van der Waals surface area contributed by atoms with Crippen molar-refractivity contribution in [2.75, 3.05) is 25.0 Å². The van der Waals surface area contributed by atoms with Gasteiger partial charge in [0, 0.05) is 25.2 Å². The van der Waals surface area contributed by atoms with E-state index in [1.165, 1.54) is 18.2 Å². The molecular formula is C16H19N3O4. The molecule has 0 bridgehead atoms. The number of carbonyl (C=O) groups is 2. The number of amides is 1. The fourth-order valence-corrected chi connectivity index (χ4v) is 2.71. The number of nitrogens with one attached hydrogen (secondary N) is 1. The molecule has 1 aliphatic heterocycles. The molecule has 1 fully saturated rings. The molecule has 1 aromatic carbocycles. The monoisotopic (exact) mass is 317 g/mol. The number of hydrogen-bond acceptors (Lipinski definition) is 5. The van der Waals surface area contributed by atoms with Crippen molar-refractivity contribution in [3.8, 4) is 11.8 Å². The highest BCUT2D eigenvalue weighted by molar-refractivity contribution is 5.96. The maximum absolute atomic E-state index is 12.3. The quantitative estimate of drug-likeness (QED) is 0.712. The Balaban J connectivity index is 2.00. The maximum Gasteiger partial charge on any atom is 0.339 e. The minimum Gasteiger partial charge on any atom is -0.507 e. The highest BCUT2D eigenvalue weighted by atomic mass is 16.4. The van der Waals surface area contributed by atoms with E-state index in [4.69, 9.17) is 10.4 Å². The van der Waals surface area contributed by atoms with Gasteiger partial charge in [0.2, 0.25) is 5.91 Å². The number of piperidine rings is 1. The van der Waals surface area contributed by atoms with Crippen LogP contribution in [0, 0.1) is 17.2 Å². The Morgan fingerprint density at radius 2 is 2.22 bits per heavy atom. The van der Waals surface area contributed by atoms with E-state index >= 15 is 0 Å². The van der Waals surface area contributed by atoms with Gasteiger partial charge >= 0.3 is 5.97 Å². The predicted octanol–water partition coefficient (Wildman–Crippen LogP) is 1.65. The molecule has 7 heteroatoms. The van der Waals surface area contributed by atoms with Gasteiger partial charge in [0.25, 0.3) is 0 Å². The lowest BCUT2D eigenvalue weighted by molar-refractivity contribution is -0.121. The topological polar surface area (TPSA) is 114 Å². The molecule has 0 radical (unpaired) electrons. The van der Waals surface area contributed by atoms with Crippen LogP contribution in [0.4, 0.5) is 5.69 Å². The fraction of sp³-hybridized carbons (Fsp3) is 0.438. The zero-order valence-corrected chi connectivity index (χ0v) is 12.7. The van der Waals surface area contributed by atoms with Gasteiger partial charge in [-0.3, -0.25) is 4.79 Å². The van der Waals surface area contributed by atoms with Gasteiger partial charge < -0.3 is 20.4 Å². The van der Waals surface area contributed by atoms with E-state index in [-0.39, 0.29) is 23.1 Å². The molecular weight excluding hydrogens is 298 g/mol. The van der Waals surface area contributed by atoms with E-state index in [2.05, 4.69) is 16.3 Å². The van der Waals surface area contributed by atoms with Crippen molar-refractivity contribution in [3.63, 3.8) is 0 Å². The van der Waals surface area contributed by atoms with Crippen LogP contribution in [0.15, 0.2) is 18.2 Å². The van der Waals surface area contributed by atoms with Crippen molar-refractivity contribution in [3.05, 3.63) is 23.8 Å². The summed E-state index contributed by atoms with van der Waals surface area (Å²) in [6, 6.07) is 6.06. The molecule has 1 amide bonds. The Morgan fingerprint density at radius 1 is 1.43 bits per heavy atom. The Hall–Kier alpha value is -2.59. The first kappa shape index (κ1) is 16.8. The molecule has 0 saturated carbocycles. The van der Waals surface area contributed by atoms with Gasteiger partial charge in [0.1, 0.15) is 11.3 Å². The molecule has 122 valence electrons. The van der Waals surface area contributed by atoms with E-state index in [0.29, 0.717) is 25.2 Å². The number of nitriles is 1. The molecule has 1 heterocycles. The largest absolute Gasteiger partial charge is 0.507 e. The van der Waals surface area contributed by atoms with Crippen LogP contribution < -0.4 is 5.32 Å². The maximum atomic E-state index is 12.3. The zero-order valence-electron chi connectivity index (χ0n) is 12.7.